The molecule has 2 aromatic carbocycles. The zero-order chi connectivity index (χ0) is 18.7. The summed E-state index contributed by atoms with van der Waals surface area (Å²) in [5.74, 6) is -0.309. The van der Waals surface area contributed by atoms with Crippen molar-refractivity contribution < 1.29 is 14.7 Å². The number of nitrogens with zero attached hydrogens (tertiary/aromatic N) is 1. The molecule has 1 aliphatic rings. The molecule has 0 atom stereocenters. The summed E-state index contributed by atoms with van der Waals surface area (Å²) < 4.78 is 0. The van der Waals surface area contributed by atoms with Crippen LogP contribution in [0.1, 0.15) is 39.1 Å². The summed E-state index contributed by atoms with van der Waals surface area (Å²) >= 11 is 6.06. The van der Waals surface area contributed by atoms with Crippen LogP contribution < -0.4 is 5.32 Å². The van der Waals surface area contributed by atoms with Gasteiger partial charge in [-0.15, -0.1) is 0 Å². The molecule has 0 unspecified atom stereocenters. The number of nitrogens with one attached hydrogen (secondary N) is 1. The molecule has 0 saturated carbocycles. The van der Waals surface area contributed by atoms with Gasteiger partial charge in [0.2, 0.25) is 0 Å². The van der Waals surface area contributed by atoms with Crippen LogP contribution in [0.15, 0.2) is 42.5 Å². The van der Waals surface area contributed by atoms with Crippen molar-refractivity contribution in [2.75, 3.05) is 18.4 Å². The summed E-state index contributed by atoms with van der Waals surface area (Å²) in [5, 5.41) is 12.9. The van der Waals surface area contributed by atoms with Crippen molar-refractivity contribution in [3.05, 3.63) is 64.2 Å². The van der Waals surface area contributed by atoms with Crippen molar-refractivity contribution in [2.24, 2.45) is 0 Å². The van der Waals surface area contributed by atoms with Crippen molar-refractivity contribution in [1.29, 1.82) is 0 Å². The number of hydrogen-bond donors (Lipinski definition) is 2. The summed E-state index contributed by atoms with van der Waals surface area (Å²) in [6.45, 7) is 3.00. The molecule has 0 aliphatic carbocycles. The number of hydrogen-bond acceptors (Lipinski definition) is 3. The number of carbonyl (C=O) groups excluding carboxylic acids is 2. The number of carbonyl (C=O) groups is 2. The van der Waals surface area contributed by atoms with Gasteiger partial charge in [-0.1, -0.05) is 17.7 Å². The van der Waals surface area contributed by atoms with Gasteiger partial charge in [0.1, 0.15) is 0 Å². The lowest BCUT2D eigenvalue weighted by molar-refractivity contribution is 0.0546. The Labute approximate surface area is 157 Å². The Morgan fingerprint density at radius 3 is 2.31 bits per heavy atom. The normalized spacial score (nSPS) is 15.0. The predicted octanol–water partition coefficient (Wildman–Crippen LogP) is 3.50. The number of piperidine rings is 1. The molecule has 26 heavy (non-hydrogen) atoms. The molecule has 0 aromatic heterocycles. The summed E-state index contributed by atoms with van der Waals surface area (Å²) in [4.78, 5) is 26.5. The molecule has 2 aromatic rings. The van der Waals surface area contributed by atoms with E-state index < -0.39 is 0 Å². The molecular formula is C20H21ClN2O3. The van der Waals surface area contributed by atoms with Crippen molar-refractivity contribution in [1.82, 2.24) is 4.90 Å². The Hall–Kier alpha value is -2.37. The Bertz CT molecular complexity index is 812. The smallest absolute Gasteiger partial charge is 0.255 e. The molecule has 1 heterocycles. The highest BCUT2D eigenvalue weighted by atomic mass is 35.5. The summed E-state index contributed by atoms with van der Waals surface area (Å²) in [6.07, 6.45) is 0.907. The summed E-state index contributed by atoms with van der Waals surface area (Å²) in [6, 6.07) is 12.0. The van der Waals surface area contributed by atoms with E-state index in [0.717, 1.165) is 5.56 Å². The van der Waals surface area contributed by atoms with Crippen molar-refractivity contribution in [2.45, 2.75) is 25.9 Å². The van der Waals surface area contributed by atoms with Gasteiger partial charge in [0.05, 0.1) is 6.10 Å². The quantitative estimate of drug-likeness (QED) is 0.866. The number of anilines is 1. The molecule has 2 N–H and O–H groups in total. The van der Waals surface area contributed by atoms with Crippen LogP contribution in [0.25, 0.3) is 0 Å². The third-order valence-corrected chi connectivity index (χ3v) is 4.98. The average Bonchev–Trinajstić information content (AvgIpc) is 2.64. The predicted molar refractivity (Wildman–Crippen MR) is 102 cm³/mol. The molecule has 5 nitrogen and oxygen atoms in total. The first-order chi connectivity index (χ1) is 12.4. The molecule has 1 aliphatic heterocycles. The zero-order valence-electron chi connectivity index (χ0n) is 14.5. The Balaban J connectivity index is 1.64. The number of halogens is 1. The molecule has 136 valence electrons. The first-order valence-corrected chi connectivity index (χ1v) is 8.97. The second-order valence-corrected chi connectivity index (χ2v) is 6.93. The van der Waals surface area contributed by atoms with Gasteiger partial charge in [0.15, 0.2) is 0 Å². The fourth-order valence-corrected chi connectivity index (χ4v) is 3.07. The molecule has 6 heteroatoms. The number of aryl methyl sites for hydroxylation is 1. The van der Waals surface area contributed by atoms with Gasteiger partial charge >= 0.3 is 0 Å². The fraction of sp³-hybridized carbons (Fsp3) is 0.300. The van der Waals surface area contributed by atoms with Crippen molar-refractivity contribution in [3.8, 4) is 0 Å². The van der Waals surface area contributed by atoms with Gasteiger partial charge in [-0.25, -0.2) is 0 Å². The summed E-state index contributed by atoms with van der Waals surface area (Å²) in [5.41, 5.74) is 2.57. The number of rotatable bonds is 3. The van der Waals surface area contributed by atoms with Crippen LogP contribution in [-0.2, 0) is 0 Å². The van der Waals surface area contributed by atoms with Gasteiger partial charge in [-0.05, 0) is 61.7 Å². The molecule has 0 spiro atoms. The second kappa shape index (κ2) is 7.89. The lowest BCUT2D eigenvalue weighted by atomic mass is 10.1. The monoisotopic (exact) mass is 372 g/mol. The van der Waals surface area contributed by atoms with Gasteiger partial charge in [-0.2, -0.15) is 0 Å². The molecule has 0 radical (unpaired) electrons. The minimum Gasteiger partial charge on any atom is -0.393 e. The number of likely N-dealkylation sites (tertiary alicyclic amines) is 1. The maximum absolute atomic E-state index is 12.5. The highest BCUT2D eigenvalue weighted by molar-refractivity contribution is 6.31. The third-order valence-electron chi connectivity index (χ3n) is 4.58. The van der Waals surface area contributed by atoms with Crippen LogP contribution in [0.3, 0.4) is 0 Å². The minimum atomic E-state index is -0.313. The minimum absolute atomic E-state index is 0.0555. The lowest BCUT2D eigenvalue weighted by Gasteiger charge is -2.29. The molecule has 0 bridgehead atoms. The maximum atomic E-state index is 12.5. The highest BCUT2D eigenvalue weighted by Gasteiger charge is 2.22. The second-order valence-electron chi connectivity index (χ2n) is 6.52. The van der Waals surface area contributed by atoms with Crippen LogP contribution in [0.4, 0.5) is 5.69 Å². The van der Waals surface area contributed by atoms with E-state index in [0.29, 0.717) is 47.8 Å². The molecule has 2 amide bonds. The molecular weight excluding hydrogens is 352 g/mol. The number of benzene rings is 2. The summed E-state index contributed by atoms with van der Waals surface area (Å²) in [7, 11) is 0. The van der Waals surface area contributed by atoms with Gasteiger partial charge < -0.3 is 15.3 Å². The topological polar surface area (TPSA) is 69.6 Å². The van der Waals surface area contributed by atoms with E-state index in [-0.39, 0.29) is 17.9 Å². The first kappa shape index (κ1) is 18.4. The Morgan fingerprint density at radius 1 is 1.08 bits per heavy atom. The van der Waals surface area contributed by atoms with Crippen LogP contribution in [0, 0.1) is 6.92 Å². The highest BCUT2D eigenvalue weighted by Crippen LogP contribution is 2.19. The van der Waals surface area contributed by atoms with Crippen LogP contribution in [0.2, 0.25) is 5.02 Å². The zero-order valence-corrected chi connectivity index (χ0v) is 15.3. The van der Waals surface area contributed by atoms with Gasteiger partial charge in [0, 0.05) is 34.9 Å². The Kier molecular flexibility index (Phi) is 5.59. The molecule has 3 rings (SSSR count). The average molecular weight is 373 g/mol. The first-order valence-electron chi connectivity index (χ1n) is 8.59. The van der Waals surface area contributed by atoms with Crippen LogP contribution in [0.5, 0.6) is 0 Å². The van der Waals surface area contributed by atoms with E-state index in [4.69, 9.17) is 11.6 Å². The fourth-order valence-electron chi connectivity index (χ4n) is 2.89. The van der Waals surface area contributed by atoms with Crippen LogP contribution >= 0.6 is 11.6 Å². The van der Waals surface area contributed by atoms with E-state index in [1.54, 1.807) is 47.4 Å². The van der Waals surface area contributed by atoms with E-state index in [1.165, 1.54) is 0 Å². The van der Waals surface area contributed by atoms with E-state index in [2.05, 4.69) is 5.32 Å². The largest absolute Gasteiger partial charge is 0.393 e. The lowest BCUT2D eigenvalue weighted by Crippen LogP contribution is -2.40. The van der Waals surface area contributed by atoms with Crippen molar-refractivity contribution in [3.63, 3.8) is 0 Å². The van der Waals surface area contributed by atoms with E-state index in [9.17, 15) is 14.7 Å². The number of aliphatic hydroxyl groups excluding tert-OH is 1. The maximum Gasteiger partial charge on any atom is 0.255 e. The van der Waals surface area contributed by atoms with Crippen LogP contribution in [-0.4, -0.2) is 41.0 Å². The third kappa shape index (κ3) is 4.23. The van der Waals surface area contributed by atoms with Gasteiger partial charge in [-0.3, -0.25) is 9.59 Å². The van der Waals surface area contributed by atoms with Crippen molar-refractivity contribution >= 4 is 29.1 Å². The van der Waals surface area contributed by atoms with E-state index >= 15 is 0 Å². The standard InChI is InChI=1S/C20H21ClN2O3/c1-13-2-3-15(12-18(13)21)19(25)22-16-6-4-14(5-7-16)20(26)23-10-8-17(24)9-11-23/h2-7,12,17,24H,8-11H2,1H3,(H,22,25). The number of aliphatic hydroxyl groups is 1. The van der Waals surface area contributed by atoms with E-state index in [1.807, 2.05) is 6.92 Å². The van der Waals surface area contributed by atoms with Gasteiger partial charge in [0.25, 0.3) is 11.8 Å². The molecule has 1 fully saturated rings. The molecule has 1 saturated heterocycles. The SMILES string of the molecule is Cc1ccc(C(=O)Nc2ccc(C(=O)N3CCC(O)CC3)cc2)cc1Cl. The Morgan fingerprint density at radius 2 is 1.69 bits per heavy atom. The number of amides is 2.